The Morgan fingerprint density at radius 2 is 1.00 bits per heavy atom. The first-order valence-electron chi connectivity index (χ1n) is 8.17. The molecule has 0 amide bonds. The lowest BCUT2D eigenvalue weighted by Crippen LogP contribution is -2.64. The molecule has 0 aromatic carbocycles. The number of ether oxygens (including phenoxy) is 1. The zero-order chi connectivity index (χ0) is 17.5. The molecule has 126 valence electrons. The van der Waals surface area contributed by atoms with E-state index in [4.69, 9.17) is 4.74 Å². The first kappa shape index (κ1) is 20.5. The Kier molecular flexibility index (Phi) is 5.45. The summed E-state index contributed by atoms with van der Waals surface area (Å²) < 4.78 is 6.35. The molecule has 0 aliphatic carbocycles. The summed E-state index contributed by atoms with van der Waals surface area (Å²) in [6, 6.07) is 0. The van der Waals surface area contributed by atoms with Crippen molar-refractivity contribution < 1.29 is 9.53 Å². The number of esters is 1. The van der Waals surface area contributed by atoms with E-state index in [0.717, 1.165) is 6.42 Å². The van der Waals surface area contributed by atoms with Gasteiger partial charge in [0.05, 0.1) is 5.41 Å². The molecule has 0 aromatic heterocycles. The van der Waals surface area contributed by atoms with Crippen molar-refractivity contribution in [3.8, 4) is 0 Å². The van der Waals surface area contributed by atoms with E-state index in [0.29, 0.717) is 0 Å². The molecule has 0 aromatic rings. The Balaban J connectivity index is 6.16. The summed E-state index contributed by atoms with van der Waals surface area (Å²) in [5, 5.41) is 0. The molecule has 0 heterocycles. The van der Waals surface area contributed by atoms with Crippen LogP contribution in [0.3, 0.4) is 0 Å². The Hall–Kier alpha value is -0.530. The third-order valence-electron chi connectivity index (χ3n) is 4.85. The summed E-state index contributed by atoms with van der Waals surface area (Å²) in [7, 11) is 0. The monoisotopic (exact) mass is 298 g/mol. The summed E-state index contributed by atoms with van der Waals surface area (Å²) in [5.41, 5.74) is -1.50. The van der Waals surface area contributed by atoms with E-state index in [1.807, 2.05) is 20.8 Å². The van der Waals surface area contributed by atoms with E-state index in [1.165, 1.54) is 0 Å². The van der Waals surface area contributed by atoms with Crippen LogP contribution in [0.4, 0.5) is 0 Å². The average molecular weight is 299 g/mol. The van der Waals surface area contributed by atoms with Crippen molar-refractivity contribution in [1.29, 1.82) is 0 Å². The summed E-state index contributed by atoms with van der Waals surface area (Å²) in [6.45, 7) is 25.6. The molecule has 0 radical (unpaired) electrons. The molecule has 0 saturated heterocycles. The van der Waals surface area contributed by atoms with Crippen molar-refractivity contribution >= 4 is 5.97 Å². The quantitative estimate of drug-likeness (QED) is 0.611. The van der Waals surface area contributed by atoms with Gasteiger partial charge in [-0.15, -0.1) is 0 Å². The zero-order valence-electron chi connectivity index (χ0n) is 16.5. The van der Waals surface area contributed by atoms with E-state index in [1.54, 1.807) is 0 Å². The van der Waals surface area contributed by atoms with Gasteiger partial charge in [0, 0.05) is 16.2 Å². The fraction of sp³-hybridized carbons (Fsp3) is 0.947. The van der Waals surface area contributed by atoms with Crippen LogP contribution in [0, 0.1) is 21.7 Å². The zero-order valence-corrected chi connectivity index (χ0v) is 16.5. The van der Waals surface area contributed by atoms with Gasteiger partial charge in [0.1, 0.15) is 5.60 Å². The van der Waals surface area contributed by atoms with Crippen molar-refractivity contribution in [3.63, 3.8) is 0 Å². The number of rotatable bonds is 3. The van der Waals surface area contributed by atoms with E-state index in [2.05, 4.69) is 62.3 Å². The van der Waals surface area contributed by atoms with Gasteiger partial charge in [-0.2, -0.15) is 0 Å². The Bertz CT molecular complexity index is 334. The average Bonchev–Trinajstić information content (AvgIpc) is 2.19. The standard InChI is InChI=1S/C19H38O2/c1-13-18(11,12)14(20)21-19(15(2,3)4,16(5,6)7)17(8,9)10/h13H2,1-12H3. The summed E-state index contributed by atoms with van der Waals surface area (Å²) in [6.07, 6.45) is 0.778. The Morgan fingerprint density at radius 1 is 0.714 bits per heavy atom. The van der Waals surface area contributed by atoms with Crippen molar-refractivity contribution in [1.82, 2.24) is 0 Å². The van der Waals surface area contributed by atoms with Crippen molar-refractivity contribution in [2.45, 2.75) is 95.1 Å². The van der Waals surface area contributed by atoms with Gasteiger partial charge in [0.25, 0.3) is 0 Å². The third kappa shape index (κ3) is 3.63. The minimum absolute atomic E-state index is 0.0928. The highest BCUT2D eigenvalue weighted by atomic mass is 16.6. The van der Waals surface area contributed by atoms with Gasteiger partial charge >= 0.3 is 5.97 Å². The maximum Gasteiger partial charge on any atom is 0.312 e. The molecule has 0 atom stereocenters. The van der Waals surface area contributed by atoms with E-state index in [-0.39, 0.29) is 22.2 Å². The lowest BCUT2D eigenvalue weighted by molar-refractivity contribution is -0.240. The second-order valence-electron chi connectivity index (χ2n) is 10.1. The molecule has 0 unspecified atom stereocenters. The van der Waals surface area contributed by atoms with Gasteiger partial charge < -0.3 is 4.74 Å². The van der Waals surface area contributed by atoms with Crippen LogP contribution in [0.15, 0.2) is 0 Å². The summed E-state index contributed by atoms with van der Waals surface area (Å²) >= 11 is 0. The SMILES string of the molecule is CCC(C)(C)C(=O)OC(C(C)(C)C)(C(C)(C)C)C(C)(C)C. The van der Waals surface area contributed by atoms with E-state index >= 15 is 0 Å². The molecule has 21 heavy (non-hydrogen) atoms. The first-order chi connectivity index (χ1) is 8.94. The van der Waals surface area contributed by atoms with Gasteiger partial charge in [0.15, 0.2) is 0 Å². The largest absolute Gasteiger partial charge is 0.457 e. The van der Waals surface area contributed by atoms with E-state index < -0.39 is 11.0 Å². The number of hydrogen-bond acceptors (Lipinski definition) is 2. The topological polar surface area (TPSA) is 26.3 Å². The molecule has 0 spiro atoms. The maximum atomic E-state index is 12.8. The van der Waals surface area contributed by atoms with Crippen LogP contribution < -0.4 is 0 Å². The second-order valence-corrected chi connectivity index (χ2v) is 10.1. The molecule has 2 nitrogen and oxygen atoms in total. The number of carbonyl (C=O) groups is 1. The molecule has 0 N–H and O–H groups in total. The molecule has 0 bridgehead atoms. The van der Waals surface area contributed by atoms with Crippen molar-refractivity contribution in [3.05, 3.63) is 0 Å². The van der Waals surface area contributed by atoms with Crippen LogP contribution in [0.2, 0.25) is 0 Å². The van der Waals surface area contributed by atoms with Crippen molar-refractivity contribution in [2.75, 3.05) is 0 Å². The Morgan fingerprint density at radius 3 is 1.19 bits per heavy atom. The van der Waals surface area contributed by atoms with Crippen LogP contribution in [-0.4, -0.2) is 11.6 Å². The maximum absolute atomic E-state index is 12.8. The smallest absolute Gasteiger partial charge is 0.312 e. The van der Waals surface area contributed by atoms with Crippen LogP contribution >= 0.6 is 0 Å². The Labute approximate surface area is 133 Å². The normalized spacial score (nSPS) is 15.0. The fourth-order valence-corrected chi connectivity index (χ4v) is 4.26. The molecular weight excluding hydrogens is 260 g/mol. The minimum Gasteiger partial charge on any atom is -0.457 e. The predicted molar refractivity (Wildman–Crippen MR) is 91.3 cm³/mol. The van der Waals surface area contributed by atoms with E-state index in [9.17, 15) is 4.79 Å². The van der Waals surface area contributed by atoms with Crippen LogP contribution in [-0.2, 0) is 9.53 Å². The molecule has 0 saturated carbocycles. The third-order valence-corrected chi connectivity index (χ3v) is 4.85. The molecule has 0 rings (SSSR count). The molecule has 0 aliphatic heterocycles. The molecular formula is C19H38O2. The van der Waals surface area contributed by atoms with Gasteiger partial charge in [0.2, 0.25) is 0 Å². The second kappa shape index (κ2) is 5.59. The highest BCUT2D eigenvalue weighted by Gasteiger charge is 2.61. The van der Waals surface area contributed by atoms with Gasteiger partial charge in [-0.3, -0.25) is 4.79 Å². The molecule has 2 heteroatoms. The van der Waals surface area contributed by atoms with Crippen LogP contribution in [0.25, 0.3) is 0 Å². The van der Waals surface area contributed by atoms with Gasteiger partial charge in [-0.25, -0.2) is 0 Å². The summed E-state index contributed by atoms with van der Waals surface area (Å²) in [5.74, 6) is -0.0928. The predicted octanol–water partition coefficient (Wildman–Crippen LogP) is 5.84. The highest BCUT2D eigenvalue weighted by molar-refractivity contribution is 5.76. The molecule has 0 fully saturated rings. The number of hydrogen-bond donors (Lipinski definition) is 0. The summed E-state index contributed by atoms with van der Waals surface area (Å²) in [4.78, 5) is 12.8. The van der Waals surface area contributed by atoms with Crippen LogP contribution in [0.5, 0.6) is 0 Å². The van der Waals surface area contributed by atoms with Crippen molar-refractivity contribution in [2.24, 2.45) is 21.7 Å². The first-order valence-corrected chi connectivity index (χ1v) is 8.17. The fourth-order valence-electron chi connectivity index (χ4n) is 4.26. The van der Waals surface area contributed by atoms with Gasteiger partial charge in [-0.05, 0) is 20.3 Å². The highest BCUT2D eigenvalue weighted by Crippen LogP contribution is 2.57. The molecule has 0 aliphatic rings. The lowest BCUT2D eigenvalue weighted by atomic mass is 9.52. The van der Waals surface area contributed by atoms with Crippen LogP contribution in [0.1, 0.15) is 89.5 Å². The van der Waals surface area contributed by atoms with Gasteiger partial charge in [-0.1, -0.05) is 69.2 Å². The lowest BCUT2D eigenvalue weighted by Gasteiger charge is -2.60. The number of carbonyl (C=O) groups excluding carboxylic acids is 1. The minimum atomic E-state index is -0.559.